The molecule has 0 bridgehead atoms. The van der Waals surface area contributed by atoms with Gasteiger partial charge in [0, 0.05) is 5.56 Å². The Hall–Kier alpha value is -2.37. The van der Waals surface area contributed by atoms with Crippen LogP contribution in [-0.2, 0) is 16.0 Å². The van der Waals surface area contributed by atoms with Crippen LogP contribution in [0.2, 0.25) is 0 Å². The van der Waals surface area contributed by atoms with Crippen molar-refractivity contribution in [3.05, 3.63) is 35.4 Å². The van der Waals surface area contributed by atoms with Crippen molar-refractivity contribution in [1.29, 1.82) is 0 Å². The number of rotatable bonds is 6. The summed E-state index contributed by atoms with van der Waals surface area (Å²) in [5, 5.41) is 19.6. The fraction of sp³-hybridized carbons (Fsp3) is 0.308. The van der Waals surface area contributed by atoms with Crippen LogP contribution in [0.15, 0.2) is 24.3 Å². The van der Waals surface area contributed by atoms with Gasteiger partial charge >= 0.3 is 11.9 Å². The van der Waals surface area contributed by atoms with E-state index in [0.717, 1.165) is 12.0 Å². The van der Waals surface area contributed by atoms with Crippen LogP contribution in [0.3, 0.4) is 0 Å². The monoisotopic (exact) mass is 265 g/mol. The maximum atomic E-state index is 11.8. The number of carbonyl (C=O) groups is 3. The molecular weight excluding hydrogens is 250 g/mol. The summed E-state index contributed by atoms with van der Waals surface area (Å²) in [5.41, 5.74) is 1.35. The van der Waals surface area contributed by atoms with Crippen molar-refractivity contribution in [2.75, 3.05) is 0 Å². The Morgan fingerprint density at radius 3 is 2.16 bits per heavy atom. The minimum atomic E-state index is -1.43. The standard InChI is InChI=1S/C13H15NO5/c1-2-8-3-5-9(6-4-8)12(17)14-10(13(18)19)7-11(15)16/h3-6,10H,2,7H2,1H3,(H,14,17)(H,15,16)(H,18,19). The predicted octanol–water partition coefficient (Wildman–Crippen LogP) is 0.907. The number of carboxylic acid groups (broad SMARTS) is 2. The van der Waals surface area contributed by atoms with Crippen LogP contribution >= 0.6 is 0 Å². The summed E-state index contributed by atoms with van der Waals surface area (Å²) in [7, 11) is 0. The van der Waals surface area contributed by atoms with Gasteiger partial charge in [0.1, 0.15) is 6.04 Å². The summed E-state index contributed by atoms with van der Waals surface area (Å²) in [4.78, 5) is 33.1. The second-order valence-corrected chi connectivity index (χ2v) is 4.01. The summed E-state index contributed by atoms with van der Waals surface area (Å²) in [5.74, 6) is -3.26. The number of carbonyl (C=O) groups excluding carboxylic acids is 1. The van der Waals surface area contributed by atoms with E-state index < -0.39 is 30.3 Å². The van der Waals surface area contributed by atoms with E-state index in [9.17, 15) is 14.4 Å². The molecule has 102 valence electrons. The molecule has 1 aromatic rings. The lowest BCUT2D eigenvalue weighted by Gasteiger charge is -2.12. The van der Waals surface area contributed by atoms with Crippen LogP contribution in [0.1, 0.15) is 29.3 Å². The molecule has 1 unspecified atom stereocenters. The Labute approximate surface area is 110 Å². The van der Waals surface area contributed by atoms with Gasteiger partial charge in [0.2, 0.25) is 0 Å². The molecular formula is C13H15NO5. The first-order valence-corrected chi connectivity index (χ1v) is 5.78. The highest BCUT2D eigenvalue weighted by Gasteiger charge is 2.23. The fourth-order valence-electron chi connectivity index (χ4n) is 1.51. The van der Waals surface area contributed by atoms with E-state index >= 15 is 0 Å². The number of hydrogen-bond acceptors (Lipinski definition) is 3. The largest absolute Gasteiger partial charge is 0.481 e. The smallest absolute Gasteiger partial charge is 0.326 e. The van der Waals surface area contributed by atoms with E-state index in [1.54, 1.807) is 24.3 Å². The second kappa shape index (κ2) is 6.53. The normalized spacial score (nSPS) is 11.6. The first kappa shape index (κ1) is 14.7. The Morgan fingerprint density at radius 2 is 1.74 bits per heavy atom. The van der Waals surface area contributed by atoms with Crippen molar-refractivity contribution >= 4 is 17.8 Å². The Morgan fingerprint density at radius 1 is 1.16 bits per heavy atom. The maximum absolute atomic E-state index is 11.8. The minimum absolute atomic E-state index is 0.300. The third kappa shape index (κ3) is 4.42. The summed E-state index contributed by atoms with van der Waals surface area (Å²) < 4.78 is 0. The summed E-state index contributed by atoms with van der Waals surface area (Å²) >= 11 is 0. The third-order valence-electron chi connectivity index (χ3n) is 2.61. The zero-order valence-corrected chi connectivity index (χ0v) is 10.4. The van der Waals surface area contributed by atoms with Gasteiger partial charge in [0.15, 0.2) is 0 Å². The van der Waals surface area contributed by atoms with E-state index in [2.05, 4.69) is 5.32 Å². The first-order valence-electron chi connectivity index (χ1n) is 5.78. The van der Waals surface area contributed by atoms with Crippen LogP contribution in [-0.4, -0.2) is 34.1 Å². The number of carboxylic acids is 2. The zero-order valence-electron chi connectivity index (χ0n) is 10.4. The molecule has 0 heterocycles. The summed E-state index contributed by atoms with van der Waals surface area (Å²) in [6.07, 6.45) is 0.173. The lowest BCUT2D eigenvalue weighted by molar-refractivity contribution is -0.145. The van der Waals surface area contributed by atoms with Crippen molar-refractivity contribution in [3.63, 3.8) is 0 Å². The second-order valence-electron chi connectivity index (χ2n) is 4.01. The van der Waals surface area contributed by atoms with E-state index in [1.165, 1.54) is 0 Å². The van der Waals surface area contributed by atoms with E-state index in [4.69, 9.17) is 10.2 Å². The minimum Gasteiger partial charge on any atom is -0.481 e. The number of benzene rings is 1. The Kier molecular flexibility index (Phi) is 5.05. The van der Waals surface area contributed by atoms with E-state index in [-0.39, 0.29) is 0 Å². The Bertz CT molecular complexity index is 480. The summed E-state index contributed by atoms with van der Waals surface area (Å²) in [6.45, 7) is 1.97. The maximum Gasteiger partial charge on any atom is 0.326 e. The van der Waals surface area contributed by atoms with Gasteiger partial charge < -0.3 is 15.5 Å². The lowest BCUT2D eigenvalue weighted by atomic mass is 10.1. The molecule has 0 saturated carbocycles. The average molecular weight is 265 g/mol. The van der Waals surface area contributed by atoms with Gasteiger partial charge in [-0.25, -0.2) is 4.79 Å². The van der Waals surface area contributed by atoms with Gasteiger partial charge in [-0.1, -0.05) is 19.1 Å². The van der Waals surface area contributed by atoms with Crippen molar-refractivity contribution in [2.45, 2.75) is 25.8 Å². The topological polar surface area (TPSA) is 104 Å². The molecule has 19 heavy (non-hydrogen) atoms. The van der Waals surface area contributed by atoms with E-state index in [1.807, 2.05) is 6.92 Å². The highest BCUT2D eigenvalue weighted by Crippen LogP contribution is 2.06. The molecule has 0 saturated heterocycles. The number of nitrogens with one attached hydrogen (secondary N) is 1. The van der Waals surface area contributed by atoms with Crippen LogP contribution in [0, 0.1) is 0 Å². The van der Waals surface area contributed by atoms with Crippen LogP contribution in [0.25, 0.3) is 0 Å². The molecule has 0 fully saturated rings. The highest BCUT2D eigenvalue weighted by molar-refractivity contribution is 5.97. The lowest BCUT2D eigenvalue weighted by Crippen LogP contribution is -2.42. The molecule has 1 atom stereocenters. The SMILES string of the molecule is CCc1ccc(C(=O)NC(CC(=O)O)C(=O)O)cc1. The molecule has 0 radical (unpaired) electrons. The predicted molar refractivity (Wildman–Crippen MR) is 67.0 cm³/mol. The molecule has 0 aliphatic carbocycles. The van der Waals surface area contributed by atoms with Crippen LogP contribution in [0.5, 0.6) is 0 Å². The molecule has 0 spiro atoms. The molecule has 1 aromatic carbocycles. The van der Waals surface area contributed by atoms with Crippen LogP contribution in [0.4, 0.5) is 0 Å². The number of amides is 1. The highest BCUT2D eigenvalue weighted by atomic mass is 16.4. The third-order valence-corrected chi connectivity index (χ3v) is 2.61. The molecule has 6 heteroatoms. The molecule has 3 N–H and O–H groups in total. The molecule has 0 aromatic heterocycles. The van der Waals surface area contributed by atoms with Crippen LogP contribution < -0.4 is 5.32 Å². The van der Waals surface area contributed by atoms with Crippen molar-refractivity contribution in [3.8, 4) is 0 Å². The number of hydrogen-bond donors (Lipinski definition) is 3. The fourth-order valence-corrected chi connectivity index (χ4v) is 1.51. The van der Waals surface area contributed by atoms with Crippen molar-refractivity contribution < 1.29 is 24.6 Å². The molecule has 0 aliphatic heterocycles. The summed E-state index contributed by atoms with van der Waals surface area (Å²) in [6, 6.07) is 5.25. The van der Waals surface area contributed by atoms with Gasteiger partial charge in [-0.2, -0.15) is 0 Å². The zero-order chi connectivity index (χ0) is 14.4. The molecule has 1 rings (SSSR count). The molecule has 0 aliphatic rings. The first-order chi connectivity index (χ1) is 8.93. The van der Waals surface area contributed by atoms with E-state index in [0.29, 0.717) is 5.56 Å². The van der Waals surface area contributed by atoms with Gasteiger partial charge in [-0.15, -0.1) is 0 Å². The van der Waals surface area contributed by atoms with Gasteiger partial charge in [0.25, 0.3) is 5.91 Å². The molecule has 1 amide bonds. The van der Waals surface area contributed by atoms with Gasteiger partial charge in [0.05, 0.1) is 6.42 Å². The van der Waals surface area contributed by atoms with Gasteiger partial charge in [-0.3, -0.25) is 9.59 Å². The quantitative estimate of drug-likeness (QED) is 0.709. The molecule has 6 nitrogen and oxygen atoms in total. The Balaban J connectivity index is 2.75. The van der Waals surface area contributed by atoms with Crippen molar-refractivity contribution in [2.24, 2.45) is 0 Å². The van der Waals surface area contributed by atoms with Gasteiger partial charge in [-0.05, 0) is 24.1 Å². The van der Waals surface area contributed by atoms with Crippen molar-refractivity contribution in [1.82, 2.24) is 5.32 Å². The number of aliphatic carboxylic acids is 2. The number of aryl methyl sites for hydroxylation is 1. The average Bonchev–Trinajstić information content (AvgIpc) is 2.37.